The Labute approximate surface area is 218 Å². The number of amides is 3. The summed E-state index contributed by atoms with van der Waals surface area (Å²) in [4.78, 5) is 43.3. The highest BCUT2D eigenvalue weighted by atomic mass is 16.5. The molecule has 1 fully saturated rings. The standard InChI is InChI=1S/C27H50N4O5/c1-18(2)23(17-21(7)25(33)28-12-15-36-16-14-32)30(8)27(35)24(19(3)4)29-26(34)22-11-9-10-13-31(22)20(5)6/h17-20,22-24,32H,9-16H2,1-8H3,(H,28,33)(H,29,34)/b21-17+/t22-,23-,24+/m1/s1. The maximum Gasteiger partial charge on any atom is 0.246 e. The number of nitrogens with one attached hydrogen (secondary N) is 2. The van der Waals surface area contributed by atoms with Crippen molar-refractivity contribution in [2.45, 2.75) is 91.9 Å². The molecule has 1 rings (SSSR count). The van der Waals surface area contributed by atoms with Crippen LogP contribution in [0.1, 0.15) is 67.7 Å². The number of piperidine rings is 1. The predicted molar refractivity (Wildman–Crippen MR) is 142 cm³/mol. The SMILES string of the molecule is C/C(=C\[C@H](C(C)C)N(C)C(=O)[C@@H](NC(=O)[C@H]1CCCCN1C(C)C)C(C)C)C(=O)NCCOCCO. The molecular weight excluding hydrogens is 460 g/mol. The molecule has 1 aliphatic rings. The van der Waals surface area contributed by atoms with Crippen molar-refractivity contribution in [2.75, 3.05) is 40.0 Å². The Hall–Kier alpha value is -1.97. The van der Waals surface area contributed by atoms with Crippen LogP contribution in [-0.2, 0) is 19.1 Å². The van der Waals surface area contributed by atoms with E-state index in [0.29, 0.717) is 18.7 Å². The maximum absolute atomic E-state index is 13.6. The lowest BCUT2D eigenvalue weighted by Gasteiger charge is -2.39. The monoisotopic (exact) mass is 510 g/mol. The van der Waals surface area contributed by atoms with Gasteiger partial charge in [0.05, 0.1) is 31.9 Å². The first kappa shape index (κ1) is 32.1. The lowest BCUT2D eigenvalue weighted by molar-refractivity contribution is -0.140. The number of likely N-dealkylation sites (N-methyl/N-ethyl adjacent to an activating group) is 1. The van der Waals surface area contributed by atoms with Gasteiger partial charge in [0.2, 0.25) is 17.7 Å². The molecular formula is C27H50N4O5. The van der Waals surface area contributed by atoms with Gasteiger partial charge < -0.3 is 25.4 Å². The van der Waals surface area contributed by atoms with Gasteiger partial charge in [-0.05, 0) is 52.0 Å². The minimum atomic E-state index is -0.647. The molecule has 9 heteroatoms. The normalized spacial score (nSPS) is 18.9. The lowest BCUT2D eigenvalue weighted by Crippen LogP contribution is -2.58. The molecule has 36 heavy (non-hydrogen) atoms. The van der Waals surface area contributed by atoms with Crippen molar-refractivity contribution in [1.29, 1.82) is 0 Å². The van der Waals surface area contributed by atoms with E-state index in [-0.39, 0.29) is 60.9 Å². The highest BCUT2D eigenvalue weighted by molar-refractivity contribution is 5.93. The molecule has 1 aliphatic heterocycles. The van der Waals surface area contributed by atoms with Gasteiger partial charge in [-0.2, -0.15) is 0 Å². The molecule has 0 spiro atoms. The van der Waals surface area contributed by atoms with Crippen molar-refractivity contribution in [3.63, 3.8) is 0 Å². The van der Waals surface area contributed by atoms with Crippen LogP contribution in [0.25, 0.3) is 0 Å². The first-order valence-corrected chi connectivity index (χ1v) is 13.4. The number of likely N-dealkylation sites (tertiary alicyclic amines) is 1. The summed E-state index contributed by atoms with van der Waals surface area (Å²) in [6.07, 6.45) is 4.71. The van der Waals surface area contributed by atoms with Crippen molar-refractivity contribution >= 4 is 17.7 Å². The molecule has 0 aromatic carbocycles. The number of carbonyl (C=O) groups excluding carboxylic acids is 3. The number of nitrogens with zero attached hydrogens (tertiary/aromatic N) is 2. The number of rotatable bonds is 14. The van der Waals surface area contributed by atoms with Gasteiger partial charge in [0.1, 0.15) is 6.04 Å². The fourth-order valence-corrected chi connectivity index (χ4v) is 4.61. The van der Waals surface area contributed by atoms with E-state index < -0.39 is 6.04 Å². The average molecular weight is 511 g/mol. The van der Waals surface area contributed by atoms with Crippen molar-refractivity contribution in [2.24, 2.45) is 11.8 Å². The van der Waals surface area contributed by atoms with Crippen molar-refractivity contribution in [3.8, 4) is 0 Å². The molecule has 3 amide bonds. The van der Waals surface area contributed by atoms with Gasteiger partial charge in [0, 0.05) is 25.2 Å². The van der Waals surface area contributed by atoms with E-state index in [1.807, 2.05) is 33.8 Å². The second-order valence-electron chi connectivity index (χ2n) is 10.7. The fraction of sp³-hybridized carbons (Fsp3) is 0.815. The van der Waals surface area contributed by atoms with Gasteiger partial charge in [-0.1, -0.05) is 40.2 Å². The molecule has 0 saturated carbocycles. The van der Waals surface area contributed by atoms with E-state index in [2.05, 4.69) is 29.4 Å². The van der Waals surface area contributed by atoms with Gasteiger partial charge >= 0.3 is 0 Å². The van der Waals surface area contributed by atoms with Crippen LogP contribution >= 0.6 is 0 Å². The summed E-state index contributed by atoms with van der Waals surface area (Å²) in [6.45, 7) is 15.5. The molecule has 1 saturated heterocycles. The molecule has 0 bridgehead atoms. The number of carbonyl (C=O) groups is 3. The van der Waals surface area contributed by atoms with Crippen LogP contribution in [0.5, 0.6) is 0 Å². The van der Waals surface area contributed by atoms with E-state index in [4.69, 9.17) is 9.84 Å². The van der Waals surface area contributed by atoms with Crippen LogP contribution in [-0.4, -0.2) is 96.8 Å². The highest BCUT2D eigenvalue weighted by Crippen LogP contribution is 2.21. The summed E-state index contributed by atoms with van der Waals surface area (Å²) in [5.74, 6) is -0.493. The Balaban J connectivity index is 2.94. The Bertz CT molecular complexity index is 738. The summed E-state index contributed by atoms with van der Waals surface area (Å²) in [6, 6.07) is -0.909. The molecule has 3 atom stereocenters. The lowest BCUT2D eigenvalue weighted by atomic mass is 9.95. The van der Waals surface area contributed by atoms with Crippen LogP contribution < -0.4 is 10.6 Å². The number of ether oxygens (including phenoxy) is 1. The molecule has 208 valence electrons. The average Bonchev–Trinajstić information content (AvgIpc) is 2.83. The van der Waals surface area contributed by atoms with Gasteiger partial charge in [-0.25, -0.2) is 0 Å². The Kier molecular flexibility index (Phi) is 14.2. The number of aliphatic hydroxyl groups is 1. The summed E-state index contributed by atoms with van der Waals surface area (Å²) in [5, 5.41) is 14.6. The zero-order valence-corrected chi connectivity index (χ0v) is 23.7. The summed E-state index contributed by atoms with van der Waals surface area (Å²) in [5.41, 5.74) is 0.510. The smallest absolute Gasteiger partial charge is 0.246 e. The number of hydrogen-bond donors (Lipinski definition) is 3. The van der Waals surface area contributed by atoms with E-state index in [1.165, 1.54) is 0 Å². The fourth-order valence-electron chi connectivity index (χ4n) is 4.61. The van der Waals surface area contributed by atoms with Gasteiger partial charge in [-0.15, -0.1) is 0 Å². The van der Waals surface area contributed by atoms with Crippen molar-refractivity contribution in [3.05, 3.63) is 11.6 Å². The predicted octanol–water partition coefficient (Wildman–Crippen LogP) is 1.94. The third kappa shape index (κ3) is 9.82. The quantitative estimate of drug-likeness (QED) is 0.243. The molecule has 3 N–H and O–H groups in total. The van der Waals surface area contributed by atoms with Gasteiger partial charge in [0.15, 0.2) is 0 Å². The second-order valence-corrected chi connectivity index (χ2v) is 10.7. The van der Waals surface area contributed by atoms with Crippen LogP contribution in [0.2, 0.25) is 0 Å². The second kappa shape index (κ2) is 16.0. The number of hydrogen-bond acceptors (Lipinski definition) is 6. The van der Waals surface area contributed by atoms with Crippen LogP contribution in [0.15, 0.2) is 11.6 Å². The topological polar surface area (TPSA) is 111 Å². The molecule has 0 unspecified atom stereocenters. The van der Waals surface area contributed by atoms with Crippen LogP contribution in [0.3, 0.4) is 0 Å². The minimum Gasteiger partial charge on any atom is -0.394 e. The van der Waals surface area contributed by atoms with Gasteiger partial charge in [-0.3, -0.25) is 19.3 Å². The molecule has 0 radical (unpaired) electrons. The van der Waals surface area contributed by atoms with E-state index in [1.54, 1.807) is 18.9 Å². The zero-order valence-electron chi connectivity index (χ0n) is 23.7. The first-order chi connectivity index (χ1) is 16.9. The molecule has 0 aromatic heterocycles. The largest absolute Gasteiger partial charge is 0.394 e. The van der Waals surface area contributed by atoms with E-state index in [9.17, 15) is 14.4 Å². The van der Waals surface area contributed by atoms with Crippen LogP contribution in [0.4, 0.5) is 0 Å². The summed E-state index contributed by atoms with van der Waals surface area (Å²) < 4.78 is 5.17. The van der Waals surface area contributed by atoms with Crippen molar-refractivity contribution in [1.82, 2.24) is 20.4 Å². The minimum absolute atomic E-state index is 0.0578. The third-order valence-corrected chi connectivity index (χ3v) is 6.77. The number of aliphatic hydroxyl groups excluding tert-OH is 1. The Morgan fingerprint density at radius 1 is 1.08 bits per heavy atom. The summed E-state index contributed by atoms with van der Waals surface area (Å²) >= 11 is 0. The Morgan fingerprint density at radius 3 is 2.31 bits per heavy atom. The molecule has 1 heterocycles. The Morgan fingerprint density at radius 2 is 1.75 bits per heavy atom. The van der Waals surface area contributed by atoms with Gasteiger partial charge in [0.25, 0.3) is 0 Å². The first-order valence-electron chi connectivity index (χ1n) is 13.4. The maximum atomic E-state index is 13.6. The highest BCUT2D eigenvalue weighted by Gasteiger charge is 2.35. The molecule has 0 aromatic rings. The van der Waals surface area contributed by atoms with E-state index in [0.717, 1.165) is 25.8 Å². The van der Waals surface area contributed by atoms with Crippen molar-refractivity contribution < 1.29 is 24.2 Å². The van der Waals surface area contributed by atoms with E-state index >= 15 is 0 Å². The molecule has 9 nitrogen and oxygen atoms in total. The van der Waals surface area contributed by atoms with Crippen LogP contribution in [0, 0.1) is 11.8 Å². The third-order valence-electron chi connectivity index (χ3n) is 6.77. The molecule has 0 aliphatic carbocycles. The zero-order chi connectivity index (χ0) is 27.4. The summed E-state index contributed by atoms with van der Waals surface area (Å²) in [7, 11) is 1.74.